The van der Waals surface area contributed by atoms with Crippen LogP contribution in [0.15, 0.2) is 6.07 Å². The number of aromatic nitrogens is 4. The Morgan fingerprint density at radius 2 is 1.87 bits per heavy atom. The van der Waals surface area contributed by atoms with E-state index in [1.54, 1.807) is 4.52 Å². The summed E-state index contributed by atoms with van der Waals surface area (Å²) < 4.78 is 1.67. The lowest BCUT2D eigenvalue weighted by Crippen LogP contribution is -2.46. The number of amides is 2. The first kappa shape index (κ1) is 23.1. The van der Waals surface area contributed by atoms with Crippen LogP contribution in [0.1, 0.15) is 43.9 Å². The van der Waals surface area contributed by atoms with Gasteiger partial charge in [-0.05, 0) is 52.3 Å². The molecule has 1 saturated heterocycles. The van der Waals surface area contributed by atoms with Gasteiger partial charge < -0.3 is 15.1 Å². The highest BCUT2D eigenvalue weighted by atomic mass is 16.2. The van der Waals surface area contributed by atoms with Crippen LogP contribution >= 0.6 is 0 Å². The summed E-state index contributed by atoms with van der Waals surface area (Å²) in [5, 5.41) is 7.53. The van der Waals surface area contributed by atoms with Gasteiger partial charge in [-0.3, -0.25) is 9.59 Å². The minimum atomic E-state index is -0.0395. The van der Waals surface area contributed by atoms with Crippen LogP contribution < -0.4 is 5.32 Å². The van der Waals surface area contributed by atoms with Gasteiger partial charge >= 0.3 is 0 Å². The van der Waals surface area contributed by atoms with Crippen molar-refractivity contribution in [2.45, 2.75) is 47.0 Å². The predicted octanol–water partition coefficient (Wildman–Crippen LogP) is 1.23. The molecule has 1 fully saturated rings. The quantitative estimate of drug-likeness (QED) is 0.711. The summed E-state index contributed by atoms with van der Waals surface area (Å²) >= 11 is 0. The average molecular weight is 430 g/mol. The van der Waals surface area contributed by atoms with Gasteiger partial charge in [0.05, 0.1) is 6.42 Å². The molecular formula is C22H35N7O2. The Bertz CT molecular complexity index is 943. The topological polar surface area (TPSA) is 95.7 Å². The van der Waals surface area contributed by atoms with Crippen molar-refractivity contribution >= 4 is 17.6 Å². The van der Waals surface area contributed by atoms with Gasteiger partial charge in [0, 0.05) is 43.5 Å². The molecule has 0 bridgehead atoms. The van der Waals surface area contributed by atoms with Crippen molar-refractivity contribution in [2.75, 3.05) is 40.3 Å². The van der Waals surface area contributed by atoms with Gasteiger partial charge in [0.2, 0.25) is 11.8 Å². The molecule has 3 heterocycles. The second-order valence-electron chi connectivity index (χ2n) is 9.73. The molecule has 2 amide bonds. The van der Waals surface area contributed by atoms with Crippen LogP contribution in [0.4, 0.5) is 0 Å². The molecular weight excluding hydrogens is 394 g/mol. The van der Waals surface area contributed by atoms with Crippen molar-refractivity contribution in [3.8, 4) is 0 Å². The van der Waals surface area contributed by atoms with E-state index in [0.29, 0.717) is 44.1 Å². The molecule has 0 saturated carbocycles. The van der Waals surface area contributed by atoms with Crippen LogP contribution in [-0.2, 0) is 16.0 Å². The van der Waals surface area contributed by atoms with Crippen molar-refractivity contribution in [1.82, 2.24) is 34.7 Å². The maximum atomic E-state index is 12.7. The summed E-state index contributed by atoms with van der Waals surface area (Å²) in [5.74, 6) is 1.05. The number of likely N-dealkylation sites (tertiary alicyclic amines) is 1. The monoisotopic (exact) mass is 429 g/mol. The molecule has 2 aromatic heterocycles. The summed E-state index contributed by atoms with van der Waals surface area (Å²) in [6.07, 6.45) is 1.52. The molecule has 0 unspecified atom stereocenters. The number of carbonyl (C=O) groups is 2. The number of hydrogen-bond donors (Lipinski definition) is 1. The summed E-state index contributed by atoms with van der Waals surface area (Å²) in [6, 6.07) is 1.94. The minimum absolute atomic E-state index is 0.00347. The molecule has 31 heavy (non-hydrogen) atoms. The molecule has 1 aliphatic rings. The van der Waals surface area contributed by atoms with Crippen molar-refractivity contribution in [1.29, 1.82) is 0 Å². The number of hydrogen-bond acceptors (Lipinski definition) is 6. The van der Waals surface area contributed by atoms with E-state index in [2.05, 4.69) is 39.1 Å². The summed E-state index contributed by atoms with van der Waals surface area (Å²) in [4.78, 5) is 38.1. The van der Waals surface area contributed by atoms with Crippen LogP contribution in [0.25, 0.3) is 5.78 Å². The molecule has 170 valence electrons. The molecule has 3 rings (SSSR count). The van der Waals surface area contributed by atoms with Crippen molar-refractivity contribution in [3.05, 3.63) is 23.3 Å². The molecule has 9 heteroatoms. The zero-order chi connectivity index (χ0) is 22.8. The van der Waals surface area contributed by atoms with Gasteiger partial charge in [-0.15, -0.1) is 5.10 Å². The maximum absolute atomic E-state index is 12.7. The number of nitrogens with zero attached hydrogens (tertiary/aromatic N) is 6. The largest absolute Gasteiger partial charge is 0.355 e. The number of nitrogens with one attached hydrogen (secondary N) is 1. The first-order valence-electron chi connectivity index (χ1n) is 10.9. The predicted molar refractivity (Wildman–Crippen MR) is 119 cm³/mol. The van der Waals surface area contributed by atoms with Crippen LogP contribution in [0.3, 0.4) is 0 Å². The maximum Gasteiger partial charge on any atom is 0.252 e. The molecule has 0 aromatic carbocycles. The van der Waals surface area contributed by atoms with Gasteiger partial charge in [0.25, 0.3) is 5.78 Å². The third-order valence-corrected chi connectivity index (χ3v) is 5.68. The normalized spacial score (nSPS) is 15.6. The van der Waals surface area contributed by atoms with E-state index in [9.17, 15) is 9.59 Å². The lowest BCUT2D eigenvalue weighted by Gasteiger charge is -2.33. The third kappa shape index (κ3) is 6.00. The molecule has 0 aliphatic carbocycles. The van der Waals surface area contributed by atoms with Crippen molar-refractivity contribution < 1.29 is 9.59 Å². The fourth-order valence-corrected chi connectivity index (χ4v) is 4.30. The van der Waals surface area contributed by atoms with Crippen LogP contribution in [0.5, 0.6) is 0 Å². The molecule has 0 spiro atoms. The zero-order valence-corrected chi connectivity index (χ0v) is 19.6. The first-order chi connectivity index (χ1) is 14.5. The summed E-state index contributed by atoms with van der Waals surface area (Å²) in [5.41, 5.74) is 1.83. The Hall–Kier alpha value is -2.55. The number of rotatable bonds is 7. The number of piperidine rings is 1. The van der Waals surface area contributed by atoms with E-state index >= 15 is 0 Å². The smallest absolute Gasteiger partial charge is 0.252 e. The van der Waals surface area contributed by atoms with Gasteiger partial charge in [0.1, 0.15) is 0 Å². The van der Waals surface area contributed by atoms with Crippen LogP contribution in [0.2, 0.25) is 0 Å². The molecule has 9 nitrogen and oxygen atoms in total. The van der Waals surface area contributed by atoms with E-state index in [4.69, 9.17) is 0 Å². The lowest BCUT2D eigenvalue weighted by molar-refractivity contribution is -0.135. The lowest BCUT2D eigenvalue weighted by atomic mass is 9.91. The van der Waals surface area contributed by atoms with Crippen molar-refractivity contribution in [2.24, 2.45) is 11.3 Å². The van der Waals surface area contributed by atoms with E-state index in [0.717, 1.165) is 17.9 Å². The van der Waals surface area contributed by atoms with Gasteiger partial charge in [0.15, 0.2) is 5.82 Å². The standard InChI is InChI=1S/C22H35N7O2/c1-15-11-16(2)29-21(24-15)25-18(26-29)12-19(30)28-9-7-17(8-10-28)20(31)23-13-22(3,4)14-27(5)6/h11,17H,7-10,12-14H2,1-6H3,(H,23,31). The zero-order valence-electron chi connectivity index (χ0n) is 19.6. The number of fused-ring (bicyclic) bond motifs is 1. The van der Waals surface area contributed by atoms with Gasteiger partial charge in [-0.1, -0.05) is 13.8 Å². The Morgan fingerprint density at radius 1 is 1.19 bits per heavy atom. The first-order valence-corrected chi connectivity index (χ1v) is 10.9. The van der Waals surface area contributed by atoms with E-state index in [-0.39, 0.29) is 29.6 Å². The fraction of sp³-hybridized carbons (Fsp3) is 0.682. The Balaban J connectivity index is 1.49. The molecule has 2 aromatic rings. The third-order valence-electron chi connectivity index (χ3n) is 5.68. The highest BCUT2D eigenvalue weighted by Crippen LogP contribution is 2.20. The number of aryl methyl sites for hydroxylation is 2. The number of carbonyl (C=O) groups excluding carboxylic acids is 2. The van der Waals surface area contributed by atoms with Crippen LogP contribution in [-0.4, -0.2) is 81.5 Å². The summed E-state index contributed by atoms with van der Waals surface area (Å²) in [7, 11) is 4.08. The Morgan fingerprint density at radius 3 is 2.52 bits per heavy atom. The minimum Gasteiger partial charge on any atom is -0.355 e. The second-order valence-corrected chi connectivity index (χ2v) is 9.73. The van der Waals surface area contributed by atoms with Crippen molar-refractivity contribution in [3.63, 3.8) is 0 Å². The van der Waals surface area contributed by atoms with E-state index in [1.165, 1.54) is 0 Å². The molecule has 1 N–H and O–H groups in total. The summed E-state index contributed by atoms with van der Waals surface area (Å²) in [6.45, 7) is 10.9. The highest BCUT2D eigenvalue weighted by Gasteiger charge is 2.29. The van der Waals surface area contributed by atoms with Gasteiger partial charge in [-0.25, -0.2) is 9.50 Å². The molecule has 0 radical (unpaired) electrons. The van der Waals surface area contributed by atoms with E-state index in [1.807, 2.05) is 38.9 Å². The Labute approximate surface area is 184 Å². The average Bonchev–Trinajstić information content (AvgIpc) is 3.08. The van der Waals surface area contributed by atoms with E-state index < -0.39 is 0 Å². The molecule has 1 aliphatic heterocycles. The van der Waals surface area contributed by atoms with Gasteiger partial charge in [-0.2, -0.15) is 4.98 Å². The fourth-order valence-electron chi connectivity index (χ4n) is 4.30. The Kier molecular flexibility index (Phi) is 6.93. The molecule has 0 atom stereocenters. The second kappa shape index (κ2) is 9.30. The SMILES string of the molecule is Cc1cc(C)n2nc(CC(=O)N3CCC(C(=O)NCC(C)(C)CN(C)C)CC3)nc2n1. The highest BCUT2D eigenvalue weighted by molar-refractivity contribution is 5.80. The van der Waals surface area contributed by atoms with Crippen LogP contribution in [0, 0.1) is 25.2 Å².